The molecule has 0 spiro atoms. The Balaban J connectivity index is 1.74. The molecule has 2 atom stereocenters. The number of allylic oxidation sites excluding steroid dienone is 4. The molecule has 0 saturated carbocycles. The number of dihydropyridines is 1. The van der Waals surface area contributed by atoms with Crippen molar-refractivity contribution < 1.29 is 5.11 Å². The van der Waals surface area contributed by atoms with Crippen LogP contribution in [0.25, 0.3) is 11.4 Å². The van der Waals surface area contributed by atoms with Crippen molar-refractivity contribution in [3.63, 3.8) is 0 Å². The molecule has 0 bridgehead atoms. The van der Waals surface area contributed by atoms with Gasteiger partial charge in [-0.1, -0.05) is 30.4 Å². The van der Waals surface area contributed by atoms with Gasteiger partial charge in [-0.3, -0.25) is 9.98 Å². The van der Waals surface area contributed by atoms with Crippen LogP contribution in [-0.2, 0) is 0 Å². The van der Waals surface area contributed by atoms with E-state index in [4.69, 9.17) is 4.98 Å². The molecular weight excluding hydrogens is 298 g/mol. The zero-order valence-corrected chi connectivity index (χ0v) is 13.1. The number of pyridine rings is 2. The first-order valence-electron chi connectivity index (χ1n) is 7.96. The average molecular weight is 315 g/mol. The number of hydrogen-bond donors (Lipinski definition) is 1. The van der Waals surface area contributed by atoms with E-state index in [9.17, 15) is 5.11 Å². The molecule has 1 aliphatic carbocycles. The van der Waals surface area contributed by atoms with Gasteiger partial charge in [0, 0.05) is 18.3 Å². The fourth-order valence-corrected chi connectivity index (χ4v) is 3.23. The molecule has 3 heterocycles. The molecular formula is C20H17N3O. The molecule has 0 unspecified atom stereocenters. The van der Waals surface area contributed by atoms with Crippen LogP contribution in [0, 0.1) is 5.92 Å². The minimum absolute atomic E-state index is 0.0261. The van der Waals surface area contributed by atoms with Crippen LogP contribution in [0.4, 0.5) is 0 Å². The lowest BCUT2D eigenvalue weighted by atomic mass is 9.79. The van der Waals surface area contributed by atoms with E-state index in [-0.39, 0.29) is 18.6 Å². The zero-order valence-electron chi connectivity index (χ0n) is 13.1. The maximum absolute atomic E-state index is 9.72. The topological polar surface area (TPSA) is 58.4 Å². The summed E-state index contributed by atoms with van der Waals surface area (Å²) in [4.78, 5) is 13.8. The van der Waals surface area contributed by atoms with Crippen molar-refractivity contribution in [3.05, 3.63) is 83.7 Å². The minimum Gasteiger partial charge on any atom is -0.392 e. The van der Waals surface area contributed by atoms with Crippen molar-refractivity contribution in [2.45, 2.75) is 6.04 Å². The van der Waals surface area contributed by atoms with Gasteiger partial charge in [-0.25, -0.2) is 4.98 Å². The van der Waals surface area contributed by atoms with Crippen molar-refractivity contribution in [2.75, 3.05) is 6.61 Å². The lowest BCUT2D eigenvalue weighted by Gasteiger charge is -2.30. The quantitative estimate of drug-likeness (QED) is 0.945. The van der Waals surface area contributed by atoms with Crippen LogP contribution in [0.5, 0.6) is 0 Å². The Kier molecular flexibility index (Phi) is 3.89. The number of hydrogen-bond acceptors (Lipinski definition) is 4. The zero-order chi connectivity index (χ0) is 16.4. The van der Waals surface area contributed by atoms with Gasteiger partial charge in [0.05, 0.1) is 23.7 Å². The van der Waals surface area contributed by atoms with E-state index < -0.39 is 0 Å². The molecule has 2 aromatic rings. The SMILES string of the molecule is OCC1=CC=CC2=CC=N[C@@H](c3cccc(-c4ccccn4)n3)[C@H]21. The molecule has 118 valence electrons. The molecule has 0 radical (unpaired) electrons. The van der Waals surface area contributed by atoms with E-state index in [0.717, 1.165) is 28.2 Å². The third-order valence-electron chi connectivity index (χ3n) is 4.37. The monoisotopic (exact) mass is 315 g/mol. The fourth-order valence-electron chi connectivity index (χ4n) is 3.23. The first-order chi connectivity index (χ1) is 11.9. The predicted octanol–water partition coefficient (Wildman–Crippen LogP) is 3.30. The number of nitrogens with zero attached hydrogens (tertiary/aromatic N) is 3. The Bertz CT molecular complexity index is 865. The second-order valence-corrected chi connectivity index (χ2v) is 5.81. The van der Waals surface area contributed by atoms with Gasteiger partial charge in [0.15, 0.2) is 0 Å². The Morgan fingerprint density at radius 2 is 1.92 bits per heavy atom. The van der Waals surface area contributed by atoms with Crippen LogP contribution in [0.1, 0.15) is 11.7 Å². The molecule has 2 aromatic heterocycles. The number of aromatic nitrogens is 2. The van der Waals surface area contributed by atoms with Gasteiger partial charge in [-0.15, -0.1) is 0 Å². The van der Waals surface area contributed by atoms with Gasteiger partial charge < -0.3 is 5.11 Å². The maximum atomic E-state index is 9.72. The summed E-state index contributed by atoms with van der Waals surface area (Å²) in [5.41, 5.74) is 4.69. The molecule has 2 aliphatic rings. The third-order valence-corrected chi connectivity index (χ3v) is 4.37. The molecule has 0 saturated heterocycles. The van der Waals surface area contributed by atoms with E-state index in [1.807, 2.05) is 60.8 Å². The lowest BCUT2D eigenvalue weighted by Crippen LogP contribution is -2.23. The van der Waals surface area contributed by atoms with Gasteiger partial charge in [-0.2, -0.15) is 0 Å². The summed E-state index contributed by atoms with van der Waals surface area (Å²) in [6.45, 7) is 0.0261. The van der Waals surface area contributed by atoms with E-state index in [2.05, 4.69) is 16.1 Å². The van der Waals surface area contributed by atoms with Crippen LogP contribution in [-0.4, -0.2) is 27.9 Å². The predicted molar refractivity (Wildman–Crippen MR) is 94.6 cm³/mol. The highest BCUT2D eigenvalue weighted by molar-refractivity contribution is 5.76. The molecule has 4 nitrogen and oxygen atoms in total. The van der Waals surface area contributed by atoms with Crippen LogP contribution in [0.15, 0.2) is 83.0 Å². The highest BCUT2D eigenvalue weighted by atomic mass is 16.3. The van der Waals surface area contributed by atoms with Crippen LogP contribution >= 0.6 is 0 Å². The van der Waals surface area contributed by atoms with Crippen molar-refractivity contribution in [2.24, 2.45) is 10.9 Å². The van der Waals surface area contributed by atoms with E-state index in [0.29, 0.717) is 0 Å². The van der Waals surface area contributed by atoms with E-state index in [1.54, 1.807) is 6.20 Å². The van der Waals surface area contributed by atoms with Crippen molar-refractivity contribution >= 4 is 6.21 Å². The first-order valence-corrected chi connectivity index (χ1v) is 7.96. The second-order valence-electron chi connectivity index (χ2n) is 5.81. The van der Waals surface area contributed by atoms with Crippen molar-refractivity contribution in [3.8, 4) is 11.4 Å². The number of aliphatic hydroxyl groups is 1. The normalized spacial score (nSPS) is 21.9. The van der Waals surface area contributed by atoms with Crippen LogP contribution < -0.4 is 0 Å². The molecule has 24 heavy (non-hydrogen) atoms. The highest BCUT2D eigenvalue weighted by Gasteiger charge is 2.31. The number of aliphatic imine (C=N–C) groups is 1. The standard InChI is InChI=1S/C20H17N3O/c24-13-15-6-3-5-14-10-12-22-20(19(14)15)18-9-4-8-17(23-18)16-7-1-2-11-21-16/h1-12,19-20,24H,13H2/t19-,20+/m1/s1. The van der Waals surface area contributed by atoms with Crippen molar-refractivity contribution in [1.29, 1.82) is 0 Å². The molecule has 0 fully saturated rings. The second kappa shape index (κ2) is 6.34. The van der Waals surface area contributed by atoms with E-state index >= 15 is 0 Å². The largest absolute Gasteiger partial charge is 0.392 e. The summed E-state index contributed by atoms with van der Waals surface area (Å²) in [5.74, 6) is 0.0384. The maximum Gasteiger partial charge on any atom is 0.103 e. The summed E-state index contributed by atoms with van der Waals surface area (Å²) in [6.07, 6.45) is 11.6. The summed E-state index contributed by atoms with van der Waals surface area (Å²) in [6, 6.07) is 11.6. The minimum atomic E-state index is -0.128. The van der Waals surface area contributed by atoms with Crippen LogP contribution in [0.2, 0.25) is 0 Å². The summed E-state index contributed by atoms with van der Waals surface area (Å²) < 4.78 is 0. The molecule has 1 aliphatic heterocycles. The van der Waals surface area contributed by atoms with Gasteiger partial charge in [0.2, 0.25) is 0 Å². The molecule has 4 rings (SSSR count). The Labute approximate surface area is 140 Å². The average Bonchev–Trinajstić information content (AvgIpc) is 2.68. The summed E-state index contributed by atoms with van der Waals surface area (Å²) >= 11 is 0. The lowest BCUT2D eigenvalue weighted by molar-refractivity contribution is 0.311. The Hall–Kier alpha value is -2.85. The first kappa shape index (κ1) is 14.7. The smallest absolute Gasteiger partial charge is 0.103 e. The van der Waals surface area contributed by atoms with Gasteiger partial charge in [0.25, 0.3) is 0 Å². The third kappa shape index (κ3) is 2.61. The van der Waals surface area contributed by atoms with Gasteiger partial charge >= 0.3 is 0 Å². The van der Waals surface area contributed by atoms with E-state index in [1.165, 1.54) is 0 Å². The van der Waals surface area contributed by atoms with Gasteiger partial charge in [0.1, 0.15) is 6.04 Å². The van der Waals surface area contributed by atoms with Crippen molar-refractivity contribution in [1.82, 2.24) is 9.97 Å². The summed E-state index contributed by atoms with van der Waals surface area (Å²) in [7, 11) is 0. The highest BCUT2D eigenvalue weighted by Crippen LogP contribution is 2.40. The van der Waals surface area contributed by atoms with Crippen LogP contribution in [0.3, 0.4) is 0 Å². The fraction of sp³-hybridized carbons (Fsp3) is 0.150. The molecule has 0 amide bonds. The Morgan fingerprint density at radius 3 is 2.75 bits per heavy atom. The molecule has 0 aromatic carbocycles. The number of aliphatic hydroxyl groups excluding tert-OH is 1. The summed E-state index contributed by atoms with van der Waals surface area (Å²) in [5, 5.41) is 9.72. The Morgan fingerprint density at radius 1 is 1.00 bits per heavy atom. The molecule has 4 heteroatoms. The van der Waals surface area contributed by atoms with Gasteiger partial charge in [-0.05, 0) is 41.5 Å². The molecule has 1 N–H and O–H groups in total. The number of rotatable bonds is 3. The number of fused-ring (bicyclic) bond motifs is 1.